The zero-order valence-electron chi connectivity index (χ0n) is 16.6. The molecule has 29 heavy (non-hydrogen) atoms. The van der Waals surface area contributed by atoms with Crippen molar-refractivity contribution in [3.63, 3.8) is 0 Å². The minimum absolute atomic E-state index is 0.0129. The van der Waals surface area contributed by atoms with Gasteiger partial charge in [0.2, 0.25) is 5.91 Å². The van der Waals surface area contributed by atoms with Gasteiger partial charge in [-0.3, -0.25) is 9.59 Å². The van der Waals surface area contributed by atoms with E-state index in [9.17, 15) is 9.59 Å². The number of ether oxygens (including phenoxy) is 2. The third-order valence-corrected chi connectivity index (χ3v) is 6.47. The highest BCUT2D eigenvalue weighted by atomic mass is 32.2. The molecule has 1 fully saturated rings. The summed E-state index contributed by atoms with van der Waals surface area (Å²) < 4.78 is 10.9. The van der Waals surface area contributed by atoms with Crippen LogP contribution in [0.1, 0.15) is 41.2 Å². The van der Waals surface area contributed by atoms with Crippen molar-refractivity contribution in [2.24, 2.45) is 0 Å². The third-order valence-electron chi connectivity index (χ3n) is 5.40. The molecule has 2 aromatic carbocycles. The molecule has 2 aliphatic heterocycles. The van der Waals surface area contributed by atoms with E-state index in [2.05, 4.69) is 5.32 Å². The van der Waals surface area contributed by atoms with Gasteiger partial charge in [0, 0.05) is 34.7 Å². The summed E-state index contributed by atoms with van der Waals surface area (Å²) in [6.45, 7) is 0.683. The van der Waals surface area contributed by atoms with Crippen LogP contribution in [0.5, 0.6) is 11.5 Å². The fraction of sp³-hybridized carbons (Fsp3) is 0.364. The van der Waals surface area contributed by atoms with Gasteiger partial charge in [-0.1, -0.05) is 0 Å². The van der Waals surface area contributed by atoms with E-state index in [-0.39, 0.29) is 17.9 Å². The van der Waals surface area contributed by atoms with Gasteiger partial charge in [-0.2, -0.15) is 0 Å². The van der Waals surface area contributed by atoms with Gasteiger partial charge in [0.1, 0.15) is 11.5 Å². The van der Waals surface area contributed by atoms with Gasteiger partial charge in [-0.15, -0.1) is 11.8 Å². The van der Waals surface area contributed by atoms with Gasteiger partial charge in [0.15, 0.2) is 0 Å². The Balaban J connectivity index is 1.65. The molecule has 0 saturated carbocycles. The van der Waals surface area contributed by atoms with Gasteiger partial charge >= 0.3 is 0 Å². The second-order valence-electron chi connectivity index (χ2n) is 7.12. The fourth-order valence-electron chi connectivity index (χ4n) is 3.95. The number of nitrogens with zero attached hydrogens (tertiary/aromatic N) is 1. The van der Waals surface area contributed by atoms with Gasteiger partial charge in [-0.05, 0) is 49.2 Å². The molecule has 0 spiro atoms. The van der Waals surface area contributed by atoms with Crippen molar-refractivity contribution in [1.29, 1.82) is 0 Å². The predicted molar refractivity (Wildman–Crippen MR) is 113 cm³/mol. The van der Waals surface area contributed by atoms with Crippen LogP contribution in [0.15, 0.2) is 41.3 Å². The lowest BCUT2D eigenvalue weighted by Crippen LogP contribution is -2.31. The summed E-state index contributed by atoms with van der Waals surface area (Å²) in [5.41, 5.74) is 2.26. The molecule has 1 atom stereocenters. The number of hydrogen-bond acceptors (Lipinski definition) is 5. The van der Waals surface area contributed by atoms with Gasteiger partial charge in [0.05, 0.1) is 25.9 Å². The van der Waals surface area contributed by atoms with Crippen LogP contribution in [0.2, 0.25) is 0 Å². The molecule has 1 N–H and O–H groups in total. The number of fused-ring (bicyclic) bond motifs is 1. The third kappa shape index (κ3) is 3.92. The fourth-order valence-corrected chi connectivity index (χ4v) is 4.89. The van der Waals surface area contributed by atoms with Crippen molar-refractivity contribution >= 4 is 29.3 Å². The number of anilines is 1. The van der Waals surface area contributed by atoms with E-state index in [1.165, 1.54) is 0 Å². The maximum Gasteiger partial charge on any atom is 0.254 e. The molecule has 2 aliphatic rings. The van der Waals surface area contributed by atoms with Crippen LogP contribution in [-0.2, 0) is 4.79 Å². The molecule has 0 bridgehead atoms. The summed E-state index contributed by atoms with van der Waals surface area (Å²) in [7, 11) is 3.27. The van der Waals surface area contributed by atoms with Crippen molar-refractivity contribution in [3.05, 3.63) is 47.5 Å². The Labute approximate surface area is 174 Å². The van der Waals surface area contributed by atoms with Gasteiger partial charge < -0.3 is 19.7 Å². The first kappa shape index (κ1) is 19.6. The Morgan fingerprint density at radius 3 is 2.83 bits per heavy atom. The Morgan fingerprint density at radius 1 is 1.17 bits per heavy atom. The molecule has 4 rings (SSSR count). The van der Waals surface area contributed by atoms with E-state index in [1.807, 2.05) is 35.2 Å². The lowest BCUT2D eigenvalue weighted by molar-refractivity contribution is -0.115. The summed E-state index contributed by atoms with van der Waals surface area (Å²) in [6, 6.07) is 11.2. The number of carbonyl (C=O) groups is 2. The van der Waals surface area contributed by atoms with Crippen LogP contribution in [0, 0.1) is 0 Å². The molecule has 0 aromatic heterocycles. The van der Waals surface area contributed by atoms with Gasteiger partial charge in [0.25, 0.3) is 5.91 Å². The number of likely N-dealkylation sites (tertiary alicyclic amines) is 1. The van der Waals surface area contributed by atoms with E-state index in [1.54, 1.807) is 32.0 Å². The summed E-state index contributed by atoms with van der Waals surface area (Å²) in [5, 5.41) is 2.92. The van der Waals surface area contributed by atoms with Crippen molar-refractivity contribution in [1.82, 2.24) is 4.90 Å². The molecule has 0 radical (unpaired) electrons. The largest absolute Gasteiger partial charge is 0.497 e. The molecule has 1 unspecified atom stereocenters. The molecule has 2 aromatic rings. The molecule has 1 saturated heterocycles. The van der Waals surface area contributed by atoms with E-state index in [4.69, 9.17) is 9.47 Å². The predicted octanol–water partition coefficient (Wildman–Crippen LogP) is 4.12. The van der Waals surface area contributed by atoms with E-state index < -0.39 is 0 Å². The number of methoxy groups -OCH3 is 2. The first-order chi connectivity index (χ1) is 14.1. The number of nitrogens with one attached hydrogen (secondary N) is 1. The maximum atomic E-state index is 13.4. The number of thioether (sulfide) groups is 1. The summed E-state index contributed by atoms with van der Waals surface area (Å²) in [5.74, 6) is 2.19. The average Bonchev–Trinajstić information content (AvgIpc) is 3.15. The van der Waals surface area contributed by atoms with E-state index >= 15 is 0 Å². The van der Waals surface area contributed by atoms with E-state index in [0.717, 1.165) is 46.2 Å². The van der Waals surface area contributed by atoms with Crippen molar-refractivity contribution in [2.45, 2.75) is 30.2 Å². The maximum absolute atomic E-state index is 13.4. The topological polar surface area (TPSA) is 67.9 Å². The molecule has 7 heteroatoms. The number of amides is 2. The van der Waals surface area contributed by atoms with Crippen LogP contribution in [0.3, 0.4) is 0 Å². The average molecular weight is 413 g/mol. The first-order valence-corrected chi connectivity index (χ1v) is 10.7. The quantitative estimate of drug-likeness (QED) is 0.818. The molecular formula is C22H24N2O4S. The van der Waals surface area contributed by atoms with Crippen LogP contribution in [0.25, 0.3) is 0 Å². The van der Waals surface area contributed by atoms with Crippen LogP contribution in [0.4, 0.5) is 5.69 Å². The Bertz CT molecular complexity index is 946. The number of carbonyl (C=O) groups excluding carboxylic acids is 2. The smallest absolute Gasteiger partial charge is 0.254 e. The lowest BCUT2D eigenvalue weighted by atomic mass is 10.0. The number of rotatable bonds is 4. The molecule has 152 valence electrons. The van der Waals surface area contributed by atoms with Crippen LogP contribution >= 0.6 is 11.8 Å². The summed E-state index contributed by atoms with van der Waals surface area (Å²) >= 11 is 1.63. The highest BCUT2D eigenvalue weighted by Crippen LogP contribution is 2.40. The molecule has 2 heterocycles. The minimum atomic E-state index is -0.0738. The zero-order chi connectivity index (χ0) is 20.4. The van der Waals surface area contributed by atoms with Crippen LogP contribution in [-0.4, -0.2) is 43.2 Å². The minimum Gasteiger partial charge on any atom is -0.497 e. The first-order valence-electron chi connectivity index (χ1n) is 9.70. The second kappa shape index (κ2) is 8.37. The number of benzene rings is 2. The highest BCUT2D eigenvalue weighted by Gasteiger charge is 2.33. The molecule has 6 nitrogen and oxygen atoms in total. The molecule has 0 aliphatic carbocycles. The zero-order valence-corrected chi connectivity index (χ0v) is 17.4. The lowest BCUT2D eigenvalue weighted by Gasteiger charge is -2.27. The molecular weight excluding hydrogens is 388 g/mol. The SMILES string of the molecule is COc1ccc(OC)c(C2CCCN2C(=O)c2ccc3c(c2)NC(=O)CCS3)c1. The van der Waals surface area contributed by atoms with Crippen LogP contribution < -0.4 is 14.8 Å². The highest BCUT2D eigenvalue weighted by molar-refractivity contribution is 7.99. The van der Waals surface area contributed by atoms with Crippen molar-refractivity contribution < 1.29 is 19.1 Å². The standard InChI is InChI=1S/C22H24N2O4S/c1-27-15-6-7-19(28-2)16(13-15)18-4-3-10-24(18)22(26)14-5-8-20-17(12-14)23-21(25)9-11-29-20/h5-8,12-13,18H,3-4,9-11H2,1-2H3,(H,23,25). The Hall–Kier alpha value is -2.67. The van der Waals surface area contributed by atoms with E-state index in [0.29, 0.717) is 18.5 Å². The monoisotopic (exact) mass is 412 g/mol. The van der Waals surface area contributed by atoms with Crippen molar-refractivity contribution in [2.75, 3.05) is 31.8 Å². The Kier molecular flexibility index (Phi) is 5.67. The summed E-state index contributed by atoms with van der Waals surface area (Å²) in [6.07, 6.45) is 2.27. The summed E-state index contributed by atoms with van der Waals surface area (Å²) in [4.78, 5) is 28.2. The van der Waals surface area contributed by atoms with Gasteiger partial charge in [-0.25, -0.2) is 0 Å². The van der Waals surface area contributed by atoms with Crippen molar-refractivity contribution in [3.8, 4) is 11.5 Å². The Morgan fingerprint density at radius 2 is 2.03 bits per heavy atom. The number of hydrogen-bond donors (Lipinski definition) is 1. The molecule has 2 amide bonds. The second-order valence-corrected chi connectivity index (χ2v) is 8.26. The normalized spacial score (nSPS) is 18.6.